The summed E-state index contributed by atoms with van der Waals surface area (Å²) in [6, 6.07) is 12.1. The van der Waals surface area contributed by atoms with Crippen molar-refractivity contribution in [1.82, 2.24) is 9.29 Å². The number of hydrogen-bond acceptors (Lipinski definition) is 5. The van der Waals surface area contributed by atoms with E-state index < -0.39 is 15.8 Å². The molecule has 1 aliphatic rings. The third-order valence-electron chi connectivity index (χ3n) is 5.44. The molecular weight excluding hydrogens is 403 g/mol. The highest BCUT2D eigenvalue weighted by atomic mass is 32.2. The Labute approximate surface area is 175 Å². The van der Waals surface area contributed by atoms with Crippen LogP contribution in [-0.2, 0) is 10.0 Å². The van der Waals surface area contributed by atoms with E-state index in [0.29, 0.717) is 42.6 Å². The molecule has 0 unspecified atom stereocenters. The van der Waals surface area contributed by atoms with Crippen molar-refractivity contribution >= 4 is 26.5 Å². The summed E-state index contributed by atoms with van der Waals surface area (Å²) in [6.45, 7) is 0.927. The van der Waals surface area contributed by atoms with Gasteiger partial charge >= 0.3 is 0 Å². The first kappa shape index (κ1) is 20.3. The monoisotopic (exact) mass is 424 g/mol. The highest BCUT2D eigenvalue weighted by Gasteiger charge is 2.25. The van der Waals surface area contributed by atoms with Crippen LogP contribution in [0.1, 0.15) is 18.4 Å². The molecule has 8 heteroatoms. The normalized spacial score (nSPS) is 15.8. The van der Waals surface area contributed by atoms with Gasteiger partial charge in [0.25, 0.3) is 0 Å². The fourth-order valence-electron chi connectivity index (χ4n) is 3.84. The Bertz CT molecular complexity index is 1250. The topological polar surface area (TPSA) is 86.1 Å². The Kier molecular flexibility index (Phi) is 5.41. The van der Waals surface area contributed by atoms with E-state index in [1.165, 1.54) is 22.7 Å². The van der Waals surface area contributed by atoms with Crippen molar-refractivity contribution in [3.63, 3.8) is 0 Å². The molecule has 2 aromatic carbocycles. The number of piperidine rings is 1. The van der Waals surface area contributed by atoms with Crippen molar-refractivity contribution in [2.24, 2.45) is 0 Å². The summed E-state index contributed by atoms with van der Waals surface area (Å²) in [5, 5.41) is 14.5. The lowest BCUT2D eigenvalue weighted by atomic mass is 9.98. The number of halogens is 1. The highest BCUT2D eigenvalue weighted by Crippen LogP contribution is 2.33. The van der Waals surface area contributed by atoms with Crippen molar-refractivity contribution in [1.29, 1.82) is 5.26 Å². The first-order chi connectivity index (χ1) is 14.3. The summed E-state index contributed by atoms with van der Waals surface area (Å²) in [7, 11) is -3.18. The van der Waals surface area contributed by atoms with E-state index in [0.717, 1.165) is 16.5 Å². The predicted molar refractivity (Wildman–Crippen MR) is 115 cm³/mol. The van der Waals surface area contributed by atoms with Crippen LogP contribution in [0.25, 0.3) is 21.9 Å². The second-order valence-electron chi connectivity index (χ2n) is 7.51. The van der Waals surface area contributed by atoms with E-state index in [1.54, 1.807) is 18.5 Å². The summed E-state index contributed by atoms with van der Waals surface area (Å²) in [5.41, 5.74) is 2.24. The third kappa shape index (κ3) is 4.13. The zero-order chi connectivity index (χ0) is 21.3. The van der Waals surface area contributed by atoms with Crippen LogP contribution in [0.5, 0.6) is 0 Å². The van der Waals surface area contributed by atoms with Gasteiger partial charge in [0.05, 0.1) is 17.9 Å². The lowest BCUT2D eigenvalue weighted by Crippen LogP contribution is -2.41. The van der Waals surface area contributed by atoms with Crippen LogP contribution in [-0.4, -0.2) is 43.1 Å². The number of anilines is 1. The number of nitrogens with zero attached hydrogens (tertiary/aromatic N) is 3. The van der Waals surface area contributed by atoms with Crippen molar-refractivity contribution in [2.75, 3.05) is 24.7 Å². The Morgan fingerprint density at radius 2 is 1.97 bits per heavy atom. The van der Waals surface area contributed by atoms with Crippen molar-refractivity contribution < 1.29 is 12.8 Å². The molecule has 0 radical (unpaired) electrons. The SMILES string of the molecule is CS(=O)(=O)N1CCC(Nc2cc(-c3cc(C#N)ccc3F)cc3ccncc23)CC1. The Morgan fingerprint density at radius 1 is 1.20 bits per heavy atom. The lowest BCUT2D eigenvalue weighted by molar-refractivity contribution is 0.332. The van der Waals surface area contributed by atoms with Crippen LogP contribution < -0.4 is 5.32 Å². The minimum absolute atomic E-state index is 0.0944. The molecule has 0 spiro atoms. The first-order valence-electron chi connectivity index (χ1n) is 9.64. The van der Waals surface area contributed by atoms with Gasteiger partial charge in [0, 0.05) is 48.2 Å². The molecule has 0 atom stereocenters. The number of pyridine rings is 1. The van der Waals surface area contributed by atoms with Crippen LogP contribution in [0, 0.1) is 17.1 Å². The lowest BCUT2D eigenvalue weighted by Gasteiger charge is -2.31. The second kappa shape index (κ2) is 8.01. The maximum atomic E-state index is 14.5. The van der Waals surface area contributed by atoms with E-state index in [2.05, 4.69) is 16.4 Å². The first-order valence-corrected chi connectivity index (χ1v) is 11.5. The molecule has 154 valence electrons. The van der Waals surface area contributed by atoms with Gasteiger partial charge < -0.3 is 5.32 Å². The molecule has 4 rings (SSSR count). The standard InChI is InChI=1S/C22H21FN4O2S/c1-30(28,29)27-8-5-18(6-9-27)26-22-12-17(11-16-4-7-25-14-20(16)22)19-10-15(13-24)2-3-21(19)23/h2-4,7,10-12,14,18,26H,5-6,8-9H2,1H3. The molecular formula is C22H21FN4O2S. The number of benzene rings is 2. The highest BCUT2D eigenvalue weighted by molar-refractivity contribution is 7.88. The second-order valence-corrected chi connectivity index (χ2v) is 9.49. The molecule has 6 nitrogen and oxygen atoms in total. The molecule has 0 saturated carbocycles. The summed E-state index contributed by atoms with van der Waals surface area (Å²) < 4.78 is 39.5. The van der Waals surface area contributed by atoms with Gasteiger partial charge in [0.1, 0.15) is 5.82 Å². The predicted octanol–water partition coefficient (Wildman–Crippen LogP) is 3.75. The number of aromatic nitrogens is 1. The zero-order valence-corrected chi connectivity index (χ0v) is 17.3. The van der Waals surface area contributed by atoms with Gasteiger partial charge in [0.2, 0.25) is 10.0 Å². The summed E-state index contributed by atoms with van der Waals surface area (Å²) in [6.07, 6.45) is 6.03. The molecule has 1 aromatic heterocycles. The van der Waals surface area contributed by atoms with Gasteiger partial charge in [0.15, 0.2) is 0 Å². The fourth-order valence-corrected chi connectivity index (χ4v) is 4.72. The number of sulfonamides is 1. The Hall–Kier alpha value is -3.02. The molecule has 0 bridgehead atoms. The average molecular weight is 425 g/mol. The van der Waals surface area contributed by atoms with Crippen molar-refractivity contribution in [3.05, 3.63) is 60.2 Å². The van der Waals surface area contributed by atoms with E-state index >= 15 is 0 Å². The van der Waals surface area contributed by atoms with Gasteiger partial charge in [-0.15, -0.1) is 0 Å². The van der Waals surface area contributed by atoms with E-state index in [-0.39, 0.29) is 6.04 Å². The Balaban J connectivity index is 1.69. The maximum Gasteiger partial charge on any atom is 0.211 e. The van der Waals surface area contributed by atoms with Gasteiger partial charge in [-0.25, -0.2) is 17.1 Å². The molecule has 0 amide bonds. The molecule has 1 saturated heterocycles. The largest absolute Gasteiger partial charge is 0.382 e. The van der Waals surface area contributed by atoms with Crippen molar-refractivity contribution in [2.45, 2.75) is 18.9 Å². The molecule has 1 fully saturated rings. The van der Waals surface area contributed by atoms with Crippen LogP contribution >= 0.6 is 0 Å². The van der Waals surface area contributed by atoms with Crippen LogP contribution in [0.4, 0.5) is 10.1 Å². The van der Waals surface area contributed by atoms with E-state index in [4.69, 9.17) is 0 Å². The van der Waals surface area contributed by atoms with Gasteiger partial charge in [-0.1, -0.05) is 0 Å². The van der Waals surface area contributed by atoms with Crippen LogP contribution in [0.15, 0.2) is 48.8 Å². The minimum atomic E-state index is -3.18. The van der Waals surface area contributed by atoms with Crippen LogP contribution in [0.3, 0.4) is 0 Å². The minimum Gasteiger partial charge on any atom is -0.382 e. The van der Waals surface area contributed by atoms with Crippen molar-refractivity contribution in [3.8, 4) is 17.2 Å². The van der Waals surface area contributed by atoms with E-state index in [1.807, 2.05) is 18.2 Å². The van der Waals surface area contributed by atoms with E-state index in [9.17, 15) is 18.1 Å². The fraction of sp³-hybridized carbons (Fsp3) is 0.273. The zero-order valence-electron chi connectivity index (χ0n) is 16.5. The quantitative estimate of drug-likeness (QED) is 0.689. The number of nitrogens with one attached hydrogen (secondary N) is 1. The summed E-state index contributed by atoms with van der Waals surface area (Å²) in [5.74, 6) is -0.394. The maximum absolute atomic E-state index is 14.5. The number of rotatable bonds is 4. The molecule has 3 aromatic rings. The molecule has 0 aliphatic carbocycles. The summed E-state index contributed by atoms with van der Waals surface area (Å²) >= 11 is 0. The van der Waals surface area contributed by atoms with Crippen LogP contribution in [0.2, 0.25) is 0 Å². The Morgan fingerprint density at radius 3 is 2.67 bits per heavy atom. The molecule has 2 heterocycles. The van der Waals surface area contributed by atoms with Gasteiger partial charge in [-0.3, -0.25) is 4.98 Å². The number of nitriles is 1. The average Bonchev–Trinajstić information content (AvgIpc) is 2.74. The molecule has 1 aliphatic heterocycles. The molecule has 1 N–H and O–H groups in total. The molecule has 30 heavy (non-hydrogen) atoms. The van der Waals surface area contributed by atoms with Gasteiger partial charge in [-0.2, -0.15) is 5.26 Å². The summed E-state index contributed by atoms with van der Waals surface area (Å²) in [4.78, 5) is 4.21. The number of fused-ring (bicyclic) bond motifs is 1. The third-order valence-corrected chi connectivity index (χ3v) is 6.75. The smallest absolute Gasteiger partial charge is 0.211 e. The van der Waals surface area contributed by atoms with Gasteiger partial charge in [-0.05, 0) is 60.2 Å². The number of hydrogen-bond donors (Lipinski definition) is 1.